The second kappa shape index (κ2) is 4.32. The Labute approximate surface area is 85.8 Å². The highest BCUT2D eigenvalue weighted by atomic mass is 79.9. The zero-order valence-corrected chi connectivity index (χ0v) is 8.25. The van der Waals surface area contributed by atoms with Crippen LogP contribution in [0.15, 0.2) is 16.6 Å². The lowest BCUT2D eigenvalue weighted by atomic mass is 10.3. The molecule has 0 amide bonds. The second-order valence-corrected chi connectivity index (χ2v) is 3.16. The van der Waals surface area contributed by atoms with Gasteiger partial charge in [-0.3, -0.25) is 10.1 Å². The van der Waals surface area contributed by atoms with Crippen LogP contribution in [-0.4, -0.2) is 11.8 Å². The molecule has 0 heterocycles. The Hall–Kier alpha value is -1.24. The van der Waals surface area contributed by atoms with Gasteiger partial charge in [-0.15, -0.1) is 0 Å². The number of hydrogen-bond acceptors (Lipinski definition) is 3. The van der Waals surface area contributed by atoms with Crippen LogP contribution in [0.25, 0.3) is 0 Å². The van der Waals surface area contributed by atoms with Crippen molar-refractivity contribution in [3.05, 3.63) is 32.5 Å². The molecule has 0 aliphatic heterocycles. The van der Waals surface area contributed by atoms with E-state index in [1.807, 2.05) is 0 Å². The van der Waals surface area contributed by atoms with Crippen molar-refractivity contribution < 1.29 is 18.4 Å². The molecule has 0 aliphatic carbocycles. The molecule has 7 heteroatoms. The van der Waals surface area contributed by atoms with E-state index < -0.39 is 29.0 Å². The van der Waals surface area contributed by atoms with Crippen LogP contribution in [0.3, 0.4) is 0 Å². The Morgan fingerprint density at radius 2 is 2.21 bits per heavy atom. The highest BCUT2D eigenvalue weighted by Gasteiger charge is 2.20. The maximum atomic E-state index is 13.1. The average molecular weight is 268 g/mol. The van der Waals surface area contributed by atoms with Gasteiger partial charge in [0.15, 0.2) is 5.75 Å². The van der Waals surface area contributed by atoms with E-state index in [2.05, 4.69) is 20.7 Å². The summed E-state index contributed by atoms with van der Waals surface area (Å²) in [5.74, 6) is -1.68. The maximum Gasteiger partial charge on any atom is 0.309 e. The molecule has 1 aromatic rings. The average Bonchev–Trinajstić information content (AvgIpc) is 2.10. The van der Waals surface area contributed by atoms with E-state index in [1.165, 1.54) is 0 Å². The van der Waals surface area contributed by atoms with Crippen LogP contribution in [0.1, 0.15) is 0 Å². The lowest BCUT2D eigenvalue weighted by Crippen LogP contribution is -1.98. The molecule has 76 valence electrons. The number of benzene rings is 1. The van der Waals surface area contributed by atoms with Crippen molar-refractivity contribution in [2.75, 3.05) is 6.86 Å². The van der Waals surface area contributed by atoms with Crippen molar-refractivity contribution in [2.24, 2.45) is 0 Å². The first-order valence-corrected chi connectivity index (χ1v) is 4.17. The van der Waals surface area contributed by atoms with Crippen molar-refractivity contribution in [1.29, 1.82) is 0 Å². The first-order chi connectivity index (χ1) is 6.56. The van der Waals surface area contributed by atoms with Crippen LogP contribution < -0.4 is 4.74 Å². The summed E-state index contributed by atoms with van der Waals surface area (Å²) in [6.45, 7) is -1.25. The Morgan fingerprint density at radius 3 is 2.71 bits per heavy atom. The molecule has 0 N–H and O–H groups in total. The van der Waals surface area contributed by atoms with Crippen LogP contribution in [-0.2, 0) is 0 Å². The first kappa shape index (κ1) is 10.8. The lowest BCUT2D eigenvalue weighted by molar-refractivity contribution is -0.387. The van der Waals surface area contributed by atoms with Crippen LogP contribution in [0.4, 0.5) is 14.5 Å². The van der Waals surface area contributed by atoms with E-state index in [4.69, 9.17) is 0 Å². The van der Waals surface area contributed by atoms with Crippen molar-refractivity contribution in [2.45, 2.75) is 0 Å². The molecule has 0 bridgehead atoms. The number of rotatable bonds is 3. The van der Waals surface area contributed by atoms with E-state index in [1.54, 1.807) is 0 Å². The summed E-state index contributed by atoms with van der Waals surface area (Å²) in [4.78, 5) is 9.41. The minimum absolute atomic E-state index is 0.244. The normalized spacial score (nSPS) is 9.93. The van der Waals surface area contributed by atoms with Crippen molar-refractivity contribution in [1.82, 2.24) is 0 Å². The van der Waals surface area contributed by atoms with Gasteiger partial charge in [-0.1, -0.05) is 15.9 Å². The Morgan fingerprint density at radius 1 is 1.57 bits per heavy atom. The SMILES string of the molecule is O=[N+]([O-])c1cc(Br)cc(OCF)c1F. The molecule has 0 aliphatic rings. The third-order valence-electron chi connectivity index (χ3n) is 1.39. The molecule has 4 nitrogen and oxygen atoms in total. The third-order valence-corrected chi connectivity index (χ3v) is 1.85. The predicted octanol–water partition coefficient (Wildman–Crippen LogP) is 2.80. The number of hydrogen-bond donors (Lipinski definition) is 0. The maximum absolute atomic E-state index is 13.1. The number of nitro groups is 1. The van der Waals surface area contributed by atoms with E-state index in [9.17, 15) is 18.9 Å². The first-order valence-electron chi connectivity index (χ1n) is 3.38. The Kier molecular flexibility index (Phi) is 3.34. The van der Waals surface area contributed by atoms with Gasteiger partial charge in [0.1, 0.15) is 0 Å². The summed E-state index contributed by atoms with van der Waals surface area (Å²) in [7, 11) is 0. The molecule has 0 radical (unpaired) electrons. The fraction of sp³-hybridized carbons (Fsp3) is 0.143. The number of halogens is 3. The summed E-state index contributed by atoms with van der Waals surface area (Å²) >= 11 is 2.91. The standard InChI is InChI=1S/C7H4BrF2NO3/c8-4-1-5(11(12)13)7(10)6(2-4)14-3-9/h1-2H,3H2. The van der Waals surface area contributed by atoms with Crippen LogP contribution in [0.2, 0.25) is 0 Å². The molecule has 0 saturated carbocycles. The van der Waals surface area contributed by atoms with Gasteiger partial charge in [0.05, 0.1) is 4.92 Å². The molecule has 0 aromatic heterocycles. The quantitative estimate of drug-likeness (QED) is 0.625. The van der Waals surface area contributed by atoms with Gasteiger partial charge in [-0.2, -0.15) is 4.39 Å². The number of alkyl halides is 1. The minimum atomic E-state index is -1.25. The molecule has 0 unspecified atom stereocenters. The molecule has 0 spiro atoms. The summed E-state index contributed by atoms with van der Waals surface area (Å²) in [5, 5.41) is 10.3. The number of nitrogens with zero attached hydrogens (tertiary/aromatic N) is 1. The highest BCUT2D eigenvalue weighted by Crippen LogP contribution is 2.30. The van der Waals surface area contributed by atoms with E-state index in [0.717, 1.165) is 12.1 Å². The third kappa shape index (κ3) is 2.16. The van der Waals surface area contributed by atoms with Gasteiger partial charge in [-0.25, -0.2) is 4.39 Å². The Bertz CT molecular complexity index is 372. The molecule has 14 heavy (non-hydrogen) atoms. The monoisotopic (exact) mass is 267 g/mol. The van der Waals surface area contributed by atoms with Gasteiger partial charge in [0.2, 0.25) is 12.7 Å². The number of ether oxygens (including phenoxy) is 1. The number of nitro benzene ring substituents is 1. The second-order valence-electron chi connectivity index (χ2n) is 2.25. The zero-order valence-electron chi connectivity index (χ0n) is 6.67. The van der Waals surface area contributed by atoms with Crippen LogP contribution in [0.5, 0.6) is 5.75 Å². The molecule has 0 saturated heterocycles. The highest BCUT2D eigenvalue weighted by molar-refractivity contribution is 9.10. The van der Waals surface area contributed by atoms with Gasteiger partial charge < -0.3 is 4.74 Å². The van der Waals surface area contributed by atoms with Crippen molar-refractivity contribution in [3.63, 3.8) is 0 Å². The van der Waals surface area contributed by atoms with Crippen LogP contribution >= 0.6 is 15.9 Å². The van der Waals surface area contributed by atoms with E-state index in [0.29, 0.717) is 0 Å². The molecule has 1 rings (SSSR count). The fourth-order valence-electron chi connectivity index (χ4n) is 0.847. The van der Waals surface area contributed by atoms with Crippen molar-refractivity contribution >= 4 is 21.6 Å². The minimum Gasteiger partial charge on any atom is -0.460 e. The molecule has 0 atom stereocenters. The molecule has 1 aromatic carbocycles. The fourth-order valence-corrected chi connectivity index (χ4v) is 1.27. The summed E-state index contributed by atoms with van der Waals surface area (Å²) < 4.78 is 29.4. The van der Waals surface area contributed by atoms with Gasteiger partial charge in [0, 0.05) is 10.5 Å². The van der Waals surface area contributed by atoms with Gasteiger partial charge in [0.25, 0.3) is 0 Å². The van der Waals surface area contributed by atoms with E-state index >= 15 is 0 Å². The molecular weight excluding hydrogens is 264 g/mol. The lowest BCUT2D eigenvalue weighted by Gasteiger charge is -2.03. The van der Waals surface area contributed by atoms with E-state index in [-0.39, 0.29) is 4.47 Å². The Balaban J connectivity index is 3.24. The summed E-state index contributed by atoms with van der Waals surface area (Å²) in [6, 6.07) is 2.09. The largest absolute Gasteiger partial charge is 0.460 e. The van der Waals surface area contributed by atoms with Crippen molar-refractivity contribution in [3.8, 4) is 5.75 Å². The van der Waals surface area contributed by atoms with Crippen LogP contribution in [0, 0.1) is 15.9 Å². The molecular formula is C7H4BrF2NO3. The predicted molar refractivity (Wildman–Crippen MR) is 47.4 cm³/mol. The smallest absolute Gasteiger partial charge is 0.309 e. The van der Waals surface area contributed by atoms with Gasteiger partial charge in [-0.05, 0) is 6.07 Å². The zero-order chi connectivity index (χ0) is 10.7. The van der Waals surface area contributed by atoms with Gasteiger partial charge >= 0.3 is 5.69 Å². The summed E-state index contributed by atoms with van der Waals surface area (Å²) in [5.41, 5.74) is -0.761. The topological polar surface area (TPSA) is 52.4 Å². The summed E-state index contributed by atoms with van der Waals surface area (Å²) in [6.07, 6.45) is 0. The molecule has 0 fully saturated rings.